The van der Waals surface area contributed by atoms with Gasteiger partial charge in [-0.25, -0.2) is 13.2 Å². The van der Waals surface area contributed by atoms with E-state index in [-0.39, 0.29) is 18.7 Å². The van der Waals surface area contributed by atoms with Gasteiger partial charge in [0.1, 0.15) is 11.9 Å². The highest BCUT2D eigenvalue weighted by molar-refractivity contribution is 5.94. The third-order valence-electron chi connectivity index (χ3n) is 3.49. The average Bonchev–Trinajstić information content (AvgIpc) is 3.08. The zero-order valence-electron chi connectivity index (χ0n) is 11.7. The predicted octanol–water partition coefficient (Wildman–Crippen LogP) is 1.49. The Kier molecular flexibility index (Phi) is 4.24. The Hall–Kier alpha value is -2.49. The van der Waals surface area contributed by atoms with E-state index in [1.165, 1.54) is 11.0 Å². The number of amides is 1. The van der Waals surface area contributed by atoms with Crippen LogP contribution >= 0.6 is 0 Å². The lowest BCUT2D eigenvalue weighted by Crippen LogP contribution is -2.42. The Morgan fingerprint density at radius 1 is 1.43 bits per heavy atom. The van der Waals surface area contributed by atoms with Crippen molar-refractivity contribution >= 4 is 5.91 Å². The van der Waals surface area contributed by atoms with E-state index in [1.54, 1.807) is 0 Å². The van der Waals surface area contributed by atoms with Gasteiger partial charge in [0.2, 0.25) is 5.82 Å². The lowest BCUT2D eigenvalue weighted by Gasteiger charge is -2.31. The van der Waals surface area contributed by atoms with Gasteiger partial charge >= 0.3 is 0 Å². The summed E-state index contributed by atoms with van der Waals surface area (Å²) in [4.78, 5) is 13.8. The number of alkyl halides is 2. The zero-order chi connectivity index (χ0) is 16.4. The summed E-state index contributed by atoms with van der Waals surface area (Å²) in [5.41, 5.74) is -0.728. The first-order chi connectivity index (χ1) is 11.1. The number of aromatic nitrogens is 4. The highest BCUT2D eigenvalue weighted by atomic mass is 19.3. The Morgan fingerprint density at radius 2 is 2.26 bits per heavy atom. The maximum atomic E-state index is 13.6. The number of nitrogens with zero attached hydrogens (tertiary/aromatic N) is 4. The smallest absolute Gasteiger partial charge is 0.266 e. The molecule has 1 aromatic carbocycles. The zero-order valence-corrected chi connectivity index (χ0v) is 11.7. The molecule has 0 bridgehead atoms. The molecule has 0 unspecified atom stereocenters. The lowest BCUT2D eigenvalue weighted by molar-refractivity contribution is -0.0268. The van der Waals surface area contributed by atoms with Crippen LogP contribution in [0.4, 0.5) is 13.2 Å². The van der Waals surface area contributed by atoms with Crippen molar-refractivity contribution in [1.29, 1.82) is 0 Å². The third kappa shape index (κ3) is 3.16. The van der Waals surface area contributed by atoms with Crippen LogP contribution < -0.4 is 0 Å². The van der Waals surface area contributed by atoms with E-state index < -0.39 is 29.8 Å². The first-order valence-electron chi connectivity index (χ1n) is 6.78. The molecule has 1 saturated heterocycles. The van der Waals surface area contributed by atoms with E-state index in [0.29, 0.717) is 12.4 Å². The van der Waals surface area contributed by atoms with Gasteiger partial charge in [-0.1, -0.05) is 5.21 Å². The van der Waals surface area contributed by atoms with Gasteiger partial charge in [0.25, 0.3) is 12.3 Å². The van der Waals surface area contributed by atoms with Crippen molar-refractivity contribution in [3.63, 3.8) is 0 Å². The molecule has 2 aromatic rings. The SMILES string of the molecule is O=C(c1ccc(C(F)F)c(F)c1)N1CCO[C@H](c2nn[nH]n2)C1. The number of ether oxygens (including phenoxy) is 1. The van der Waals surface area contributed by atoms with Crippen molar-refractivity contribution < 1.29 is 22.7 Å². The summed E-state index contributed by atoms with van der Waals surface area (Å²) in [7, 11) is 0. The number of H-pyrrole nitrogens is 1. The molecule has 122 valence electrons. The van der Waals surface area contributed by atoms with Crippen molar-refractivity contribution in [3.8, 4) is 0 Å². The minimum Gasteiger partial charge on any atom is -0.366 e. The van der Waals surface area contributed by atoms with Crippen molar-refractivity contribution in [3.05, 3.63) is 41.0 Å². The largest absolute Gasteiger partial charge is 0.366 e. The molecule has 2 heterocycles. The van der Waals surface area contributed by atoms with E-state index in [1.807, 2.05) is 0 Å². The van der Waals surface area contributed by atoms with Crippen LogP contribution in [0.2, 0.25) is 0 Å². The summed E-state index contributed by atoms with van der Waals surface area (Å²) in [5.74, 6) is -1.27. The second-order valence-corrected chi connectivity index (χ2v) is 4.92. The van der Waals surface area contributed by atoms with Crippen LogP contribution in [0.25, 0.3) is 0 Å². The van der Waals surface area contributed by atoms with E-state index in [4.69, 9.17) is 4.74 Å². The molecule has 0 aliphatic carbocycles. The molecule has 1 fully saturated rings. The fourth-order valence-corrected chi connectivity index (χ4v) is 2.32. The van der Waals surface area contributed by atoms with Crippen molar-refractivity contribution in [2.24, 2.45) is 0 Å². The van der Waals surface area contributed by atoms with Crippen LogP contribution in [0.5, 0.6) is 0 Å². The number of morpholine rings is 1. The van der Waals surface area contributed by atoms with Crippen LogP contribution in [0.3, 0.4) is 0 Å². The quantitative estimate of drug-likeness (QED) is 0.923. The Balaban J connectivity index is 1.76. The summed E-state index contributed by atoms with van der Waals surface area (Å²) < 4.78 is 44.2. The number of rotatable bonds is 3. The van der Waals surface area contributed by atoms with Crippen LogP contribution in [0, 0.1) is 5.82 Å². The lowest BCUT2D eigenvalue weighted by atomic mass is 10.1. The first kappa shape index (κ1) is 15.4. The normalized spacial score (nSPS) is 18.4. The van der Waals surface area contributed by atoms with Gasteiger partial charge in [0.05, 0.1) is 18.7 Å². The molecule has 1 atom stereocenters. The molecule has 0 saturated carbocycles. The van der Waals surface area contributed by atoms with E-state index in [9.17, 15) is 18.0 Å². The molecular weight excluding hydrogens is 315 g/mol. The number of halogens is 3. The second kappa shape index (κ2) is 6.32. The Bertz CT molecular complexity index is 695. The number of carbonyl (C=O) groups is 1. The highest BCUT2D eigenvalue weighted by Gasteiger charge is 2.29. The number of hydrogen-bond donors (Lipinski definition) is 1. The van der Waals surface area contributed by atoms with E-state index in [0.717, 1.165) is 12.1 Å². The van der Waals surface area contributed by atoms with E-state index >= 15 is 0 Å². The van der Waals surface area contributed by atoms with Gasteiger partial charge in [0, 0.05) is 12.1 Å². The molecule has 1 aliphatic heterocycles. The van der Waals surface area contributed by atoms with Gasteiger partial charge in [0.15, 0.2) is 0 Å². The van der Waals surface area contributed by atoms with Crippen LogP contribution in [-0.2, 0) is 4.74 Å². The number of benzene rings is 1. The molecule has 10 heteroatoms. The van der Waals surface area contributed by atoms with Gasteiger partial charge in [-0.05, 0) is 18.2 Å². The van der Waals surface area contributed by atoms with E-state index in [2.05, 4.69) is 20.6 Å². The maximum Gasteiger partial charge on any atom is 0.266 e. The molecular formula is C13H12F3N5O2. The van der Waals surface area contributed by atoms with Gasteiger partial charge in [-0.2, -0.15) is 5.21 Å². The molecule has 1 N–H and O–H groups in total. The maximum absolute atomic E-state index is 13.6. The third-order valence-corrected chi connectivity index (χ3v) is 3.49. The molecule has 1 aromatic heterocycles. The number of tetrazole rings is 1. The average molecular weight is 327 g/mol. The van der Waals surface area contributed by atoms with Crippen molar-refractivity contribution in [2.75, 3.05) is 19.7 Å². The van der Waals surface area contributed by atoms with Crippen LogP contribution in [-0.4, -0.2) is 51.1 Å². The summed E-state index contributed by atoms with van der Waals surface area (Å²) in [6.45, 7) is 0.713. The van der Waals surface area contributed by atoms with Gasteiger partial charge < -0.3 is 9.64 Å². The summed E-state index contributed by atoms with van der Waals surface area (Å²) in [6, 6.07) is 2.93. The first-order valence-corrected chi connectivity index (χ1v) is 6.78. The number of aromatic amines is 1. The molecule has 0 spiro atoms. The molecule has 0 radical (unpaired) electrons. The Morgan fingerprint density at radius 3 is 2.91 bits per heavy atom. The fourth-order valence-electron chi connectivity index (χ4n) is 2.32. The molecule has 1 amide bonds. The Labute approximate surface area is 128 Å². The van der Waals surface area contributed by atoms with Crippen LogP contribution in [0.1, 0.15) is 34.3 Å². The summed E-state index contributed by atoms with van der Waals surface area (Å²) >= 11 is 0. The number of nitrogens with one attached hydrogen (secondary N) is 1. The highest BCUT2D eigenvalue weighted by Crippen LogP contribution is 2.24. The minimum atomic E-state index is -2.93. The monoisotopic (exact) mass is 327 g/mol. The van der Waals surface area contributed by atoms with Crippen LogP contribution in [0.15, 0.2) is 18.2 Å². The predicted molar refractivity (Wildman–Crippen MR) is 70.1 cm³/mol. The molecule has 1 aliphatic rings. The standard InChI is InChI=1S/C13H12F3N5O2/c14-9-5-7(1-2-8(9)11(15)16)13(22)21-3-4-23-10(6-21)12-17-19-20-18-12/h1-2,5,10-11H,3-4,6H2,(H,17,18,19,20)/t10-/m0/s1. The topological polar surface area (TPSA) is 84.0 Å². The van der Waals surface area contributed by atoms with Gasteiger partial charge in [-0.3, -0.25) is 4.79 Å². The molecule has 7 nitrogen and oxygen atoms in total. The number of carbonyl (C=O) groups excluding carboxylic acids is 1. The van der Waals surface area contributed by atoms with Gasteiger partial charge in [-0.15, -0.1) is 10.2 Å². The summed E-state index contributed by atoms with van der Waals surface area (Å²) in [5, 5.41) is 13.3. The molecule has 3 rings (SSSR count). The second-order valence-electron chi connectivity index (χ2n) is 4.92. The van der Waals surface area contributed by atoms with Crippen molar-refractivity contribution in [2.45, 2.75) is 12.5 Å². The molecule has 23 heavy (non-hydrogen) atoms. The number of hydrogen-bond acceptors (Lipinski definition) is 5. The van der Waals surface area contributed by atoms with Crippen molar-refractivity contribution in [1.82, 2.24) is 25.5 Å². The fraction of sp³-hybridized carbons (Fsp3) is 0.385. The summed E-state index contributed by atoms with van der Waals surface area (Å²) in [6.07, 6.45) is -3.47. The minimum absolute atomic E-state index is 0.000613.